The SMILES string of the molecule is CN1C[C@@H](NC(=O)c2cccc(-c3cn[nH]c3)c2)CC1=O. The molecule has 0 radical (unpaired) electrons. The first kappa shape index (κ1) is 13.4. The van der Waals surface area contributed by atoms with E-state index in [0.29, 0.717) is 18.5 Å². The van der Waals surface area contributed by atoms with E-state index >= 15 is 0 Å². The van der Waals surface area contributed by atoms with E-state index in [1.165, 1.54) is 0 Å². The fraction of sp³-hybridized carbons (Fsp3) is 0.267. The molecule has 1 fully saturated rings. The maximum absolute atomic E-state index is 12.3. The molecule has 1 aliphatic rings. The smallest absolute Gasteiger partial charge is 0.251 e. The summed E-state index contributed by atoms with van der Waals surface area (Å²) in [5.74, 6) is -0.0964. The molecule has 0 bridgehead atoms. The first-order chi connectivity index (χ1) is 10.1. The Kier molecular flexibility index (Phi) is 3.43. The van der Waals surface area contributed by atoms with E-state index in [2.05, 4.69) is 15.5 Å². The van der Waals surface area contributed by atoms with Crippen molar-refractivity contribution < 1.29 is 9.59 Å². The third kappa shape index (κ3) is 2.79. The maximum Gasteiger partial charge on any atom is 0.251 e. The molecule has 6 heteroatoms. The van der Waals surface area contributed by atoms with Gasteiger partial charge in [0, 0.05) is 37.3 Å². The molecule has 1 aromatic carbocycles. The lowest BCUT2D eigenvalue weighted by Gasteiger charge is -2.12. The summed E-state index contributed by atoms with van der Waals surface area (Å²) in [5, 5.41) is 9.56. The highest BCUT2D eigenvalue weighted by atomic mass is 16.2. The third-order valence-corrected chi connectivity index (χ3v) is 3.63. The molecule has 1 atom stereocenters. The molecule has 6 nitrogen and oxygen atoms in total. The Morgan fingerprint density at radius 2 is 2.29 bits per heavy atom. The molecule has 21 heavy (non-hydrogen) atoms. The minimum Gasteiger partial charge on any atom is -0.347 e. The van der Waals surface area contributed by atoms with Crippen LogP contribution in [-0.2, 0) is 4.79 Å². The first-order valence-electron chi connectivity index (χ1n) is 6.77. The van der Waals surface area contributed by atoms with Gasteiger partial charge in [-0.2, -0.15) is 5.10 Å². The van der Waals surface area contributed by atoms with Crippen LogP contribution in [0.3, 0.4) is 0 Å². The molecule has 2 aromatic rings. The highest BCUT2D eigenvalue weighted by Gasteiger charge is 2.28. The summed E-state index contributed by atoms with van der Waals surface area (Å²) in [4.78, 5) is 25.4. The van der Waals surface area contributed by atoms with Gasteiger partial charge in [0.15, 0.2) is 0 Å². The average Bonchev–Trinajstić information content (AvgIpc) is 3.10. The number of hydrogen-bond acceptors (Lipinski definition) is 3. The van der Waals surface area contributed by atoms with Gasteiger partial charge in [-0.1, -0.05) is 12.1 Å². The summed E-state index contributed by atoms with van der Waals surface area (Å²) in [6.45, 7) is 0.562. The van der Waals surface area contributed by atoms with Gasteiger partial charge in [0.25, 0.3) is 5.91 Å². The van der Waals surface area contributed by atoms with Crippen LogP contribution in [0.2, 0.25) is 0 Å². The third-order valence-electron chi connectivity index (χ3n) is 3.63. The zero-order valence-corrected chi connectivity index (χ0v) is 11.7. The molecule has 0 aliphatic carbocycles. The number of aromatic amines is 1. The molecule has 3 rings (SSSR count). The van der Waals surface area contributed by atoms with Crippen LogP contribution in [-0.4, -0.2) is 46.5 Å². The van der Waals surface area contributed by atoms with Gasteiger partial charge in [0.05, 0.1) is 12.2 Å². The zero-order valence-electron chi connectivity index (χ0n) is 11.7. The van der Waals surface area contributed by atoms with Crippen molar-refractivity contribution in [3.63, 3.8) is 0 Å². The summed E-state index contributed by atoms with van der Waals surface area (Å²) in [7, 11) is 1.74. The molecular formula is C15H16N4O2. The number of hydrogen-bond donors (Lipinski definition) is 2. The van der Waals surface area contributed by atoms with Crippen LogP contribution in [0.5, 0.6) is 0 Å². The quantitative estimate of drug-likeness (QED) is 0.884. The highest BCUT2D eigenvalue weighted by molar-refractivity contribution is 5.96. The molecule has 2 heterocycles. The van der Waals surface area contributed by atoms with E-state index < -0.39 is 0 Å². The minimum atomic E-state index is -0.159. The summed E-state index contributed by atoms with van der Waals surface area (Å²) < 4.78 is 0. The minimum absolute atomic E-state index is 0.0625. The number of carbonyl (C=O) groups is 2. The summed E-state index contributed by atoms with van der Waals surface area (Å²) in [6, 6.07) is 7.23. The number of amides is 2. The van der Waals surface area contributed by atoms with Crippen LogP contribution < -0.4 is 5.32 Å². The van der Waals surface area contributed by atoms with Crippen LogP contribution >= 0.6 is 0 Å². The Bertz CT molecular complexity index is 666. The van der Waals surface area contributed by atoms with Gasteiger partial charge >= 0.3 is 0 Å². The molecule has 2 N–H and O–H groups in total. The second-order valence-electron chi connectivity index (χ2n) is 5.22. The van der Waals surface area contributed by atoms with Gasteiger partial charge in [0.1, 0.15) is 0 Å². The average molecular weight is 284 g/mol. The monoisotopic (exact) mass is 284 g/mol. The van der Waals surface area contributed by atoms with Gasteiger partial charge in [-0.25, -0.2) is 0 Å². The largest absolute Gasteiger partial charge is 0.347 e. The molecule has 0 unspecified atom stereocenters. The summed E-state index contributed by atoms with van der Waals surface area (Å²) in [5.41, 5.74) is 2.44. The predicted molar refractivity (Wildman–Crippen MR) is 77.5 cm³/mol. The second-order valence-corrected chi connectivity index (χ2v) is 5.22. The van der Waals surface area contributed by atoms with Crippen molar-refractivity contribution in [2.45, 2.75) is 12.5 Å². The summed E-state index contributed by atoms with van der Waals surface area (Å²) in [6.07, 6.45) is 3.85. The number of rotatable bonds is 3. The Hall–Kier alpha value is -2.63. The number of aromatic nitrogens is 2. The Labute approximate surface area is 122 Å². The van der Waals surface area contributed by atoms with Gasteiger partial charge in [-0.15, -0.1) is 0 Å². The topological polar surface area (TPSA) is 78.1 Å². The molecule has 108 valence electrons. The van der Waals surface area contributed by atoms with Crippen LogP contribution in [0.4, 0.5) is 0 Å². The molecule has 1 saturated heterocycles. The van der Waals surface area contributed by atoms with Crippen LogP contribution in [0.1, 0.15) is 16.8 Å². The Morgan fingerprint density at radius 3 is 2.95 bits per heavy atom. The maximum atomic E-state index is 12.3. The van der Waals surface area contributed by atoms with Gasteiger partial charge in [-0.3, -0.25) is 14.7 Å². The fourth-order valence-corrected chi connectivity index (χ4v) is 2.48. The van der Waals surface area contributed by atoms with Gasteiger partial charge < -0.3 is 10.2 Å². The van der Waals surface area contributed by atoms with Crippen molar-refractivity contribution in [2.24, 2.45) is 0 Å². The zero-order chi connectivity index (χ0) is 14.8. The van der Waals surface area contributed by atoms with Crippen LogP contribution in [0.15, 0.2) is 36.7 Å². The lowest BCUT2D eigenvalue weighted by atomic mass is 10.1. The van der Waals surface area contributed by atoms with Crippen molar-refractivity contribution >= 4 is 11.8 Å². The number of H-pyrrole nitrogens is 1. The normalized spacial score (nSPS) is 18.0. The number of nitrogens with one attached hydrogen (secondary N) is 2. The van der Waals surface area contributed by atoms with E-state index in [0.717, 1.165) is 11.1 Å². The Morgan fingerprint density at radius 1 is 1.43 bits per heavy atom. The van der Waals surface area contributed by atoms with Crippen LogP contribution in [0, 0.1) is 0 Å². The Balaban J connectivity index is 1.73. The lowest BCUT2D eigenvalue weighted by Crippen LogP contribution is -2.36. The van der Waals surface area contributed by atoms with Crippen molar-refractivity contribution in [3.05, 3.63) is 42.2 Å². The lowest BCUT2D eigenvalue weighted by molar-refractivity contribution is -0.126. The van der Waals surface area contributed by atoms with E-state index in [9.17, 15) is 9.59 Å². The van der Waals surface area contributed by atoms with E-state index in [4.69, 9.17) is 0 Å². The standard InChI is InChI=1S/C15H16N4O2/c1-19-9-13(6-14(19)20)18-15(21)11-4-2-3-10(5-11)12-7-16-17-8-12/h2-5,7-8,13H,6,9H2,1H3,(H,16,17)(H,18,21)/t13-/m0/s1. The molecular weight excluding hydrogens is 268 g/mol. The molecule has 2 amide bonds. The number of nitrogens with zero attached hydrogens (tertiary/aromatic N) is 2. The number of benzene rings is 1. The number of likely N-dealkylation sites (tertiary alicyclic amines) is 1. The van der Waals surface area contributed by atoms with Crippen LogP contribution in [0.25, 0.3) is 11.1 Å². The van der Waals surface area contributed by atoms with E-state index in [-0.39, 0.29) is 17.9 Å². The van der Waals surface area contributed by atoms with Crippen molar-refractivity contribution in [1.29, 1.82) is 0 Å². The number of likely N-dealkylation sites (N-methyl/N-ethyl adjacent to an activating group) is 1. The van der Waals surface area contributed by atoms with Crippen molar-refractivity contribution in [3.8, 4) is 11.1 Å². The molecule has 1 aromatic heterocycles. The fourth-order valence-electron chi connectivity index (χ4n) is 2.48. The van der Waals surface area contributed by atoms with Crippen molar-refractivity contribution in [2.75, 3.05) is 13.6 Å². The molecule has 0 spiro atoms. The van der Waals surface area contributed by atoms with E-state index in [1.54, 1.807) is 30.4 Å². The number of carbonyl (C=O) groups excluding carboxylic acids is 2. The molecule has 0 saturated carbocycles. The van der Waals surface area contributed by atoms with E-state index in [1.807, 2.05) is 18.2 Å². The van der Waals surface area contributed by atoms with Crippen molar-refractivity contribution in [1.82, 2.24) is 20.4 Å². The van der Waals surface area contributed by atoms with Gasteiger partial charge in [-0.05, 0) is 17.7 Å². The summed E-state index contributed by atoms with van der Waals surface area (Å²) >= 11 is 0. The second kappa shape index (κ2) is 5.40. The molecule has 1 aliphatic heterocycles. The first-order valence-corrected chi connectivity index (χ1v) is 6.77. The van der Waals surface area contributed by atoms with Gasteiger partial charge in [0.2, 0.25) is 5.91 Å². The predicted octanol–water partition coefficient (Wildman–Crippen LogP) is 1.04. The highest BCUT2D eigenvalue weighted by Crippen LogP contribution is 2.19.